The minimum absolute atomic E-state index is 0.0953. The van der Waals surface area contributed by atoms with Crippen LogP contribution >= 0.6 is 11.6 Å². The van der Waals surface area contributed by atoms with E-state index in [-0.39, 0.29) is 10.0 Å². The van der Waals surface area contributed by atoms with E-state index in [9.17, 15) is 13.2 Å². The molecular formula is C18H16ClN3O3S. The second-order valence-corrected chi connectivity index (χ2v) is 8.32. The van der Waals surface area contributed by atoms with Crippen molar-refractivity contribution in [1.29, 1.82) is 0 Å². The minimum atomic E-state index is -3.59. The highest BCUT2D eigenvalue weighted by Gasteiger charge is 2.18. The summed E-state index contributed by atoms with van der Waals surface area (Å²) in [4.78, 5) is 17.0. The smallest absolute Gasteiger partial charge is 0.256 e. The van der Waals surface area contributed by atoms with E-state index in [0.717, 1.165) is 4.31 Å². The van der Waals surface area contributed by atoms with Gasteiger partial charge in [0.1, 0.15) is 5.15 Å². The first-order valence-corrected chi connectivity index (χ1v) is 9.50. The third-order valence-corrected chi connectivity index (χ3v) is 5.80. The maximum atomic E-state index is 12.7. The third-order valence-electron chi connectivity index (χ3n) is 3.80. The summed E-state index contributed by atoms with van der Waals surface area (Å²) in [6.45, 7) is 0. The van der Waals surface area contributed by atoms with Crippen molar-refractivity contribution in [2.45, 2.75) is 4.90 Å². The van der Waals surface area contributed by atoms with Gasteiger partial charge in [0.15, 0.2) is 0 Å². The quantitative estimate of drug-likeness (QED) is 0.693. The number of para-hydroxylation sites is 1. The maximum Gasteiger partial charge on any atom is 0.256 e. The highest BCUT2D eigenvalue weighted by atomic mass is 35.5. The van der Waals surface area contributed by atoms with Gasteiger partial charge in [-0.2, -0.15) is 0 Å². The van der Waals surface area contributed by atoms with Gasteiger partial charge < -0.3 is 5.32 Å². The van der Waals surface area contributed by atoms with E-state index in [1.54, 1.807) is 30.3 Å². The van der Waals surface area contributed by atoms with Crippen molar-refractivity contribution < 1.29 is 13.2 Å². The summed E-state index contributed by atoms with van der Waals surface area (Å²) < 4.78 is 25.6. The molecule has 0 saturated carbocycles. The molecule has 0 aliphatic rings. The molecule has 26 heavy (non-hydrogen) atoms. The number of rotatable bonds is 4. The van der Waals surface area contributed by atoms with Crippen LogP contribution in [0.2, 0.25) is 5.15 Å². The number of nitrogens with one attached hydrogen (secondary N) is 1. The SMILES string of the molecule is CN(C)S(=O)(=O)c1cccc(NC(=O)c2cc(Cl)nc3ccccc23)c1. The summed E-state index contributed by atoms with van der Waals surface area (Å²) in [5.41, 5.74) is 1.34. The summed E-state index contributed by atoms with van der Waals surface area (Å²) >= 11 is 6.01. The Morgan fingerprint density at radius 1 is 1.08 bits per heavy atom. The van der Waals surface area contributed by atoms with E-state index in [1.807, 2.05) is 6.07 Å². The minimum Gasteiger partial charge on any atom is -0.322 e. The van der Waals surface area contributed by atoms with Gasteiger partial charge in [0, 0.05) is 25.2 Å². The van der Waals surface area contributed by atoms with Crippen LogP contribution in [0, 0.1) is 0 Å². The largest absolute Gasteiger partial charge is 0.322 e. The normalized spacial score (nSPS) is 11.7. The standard InChI is InChI=1S/C18H16ClN3O3S/c1-22(2)26(24,25)13-7-5-6-12(10-13)20-18(23)15-11-17(19)21-16-9-4-3-8-14(15)16/h3-11H,1-2H3,(H,20,23). The summed E-state index contributed by atoms with van der Waals surface area (Å²) in [5.74, 6) is -0.398. The van der Waals surface area contributed by atoms with E-state index in [0.29, 0.717) is 22.2 Å². The van der Waals surface area contributed by atoms with Crippen molar-refractivity contribution >= 4 is 44.1 Å². The number of amides is 1. The fourth-order valence-corrected chi connectivity index (χ4v) is 3.62. The second kappa shape index (κ2) is 7.03. The van der Waals surface area contributed by atoms with Gasteiger partial charge in [-0.25, -0.2) is 17.7 Å². The van der Waals surface area contributed by atoms with Gasteiger partial charge in [0.25, 0.3) is 5.91 Å². The van der Waals surface area contributed by atoms with Crippen LogP contribution in [0.1, 0.15) is 10.4 Å². The summed E-state index contributed by atoms with van der Waals surface area (Å²) in [7, 11) is -0.690. The van der Waals surface area contributed by atoms with Crippen LogP contribution in [0.4, 0.5) is 5.69 Å². The van der Waals surface area contributed by atoms with Gasteiger partial charge >= 0.3 is 0 Å². The molecule has 8 heteroatoms. The van der Waals surface area contributed by atoms with Crippen molar-refractivity contribution in [3.05, 3.63) is 65.3 Å². The van der Waals surface area contributed by atoms with E-state index in [4.69, 9.17) is 11.6 Å². The molecule has 1 aromatic heterocycles. The lowest BCUT2D eigenvalue weighted by molar-refractivity contribution is 0.102. The third kappa shape index (κ3) is 3.55. The molecule has 0 fully saturated rings. The zero-order valence-electron chi connectivity index (χ0n) is 14.1. The lowest BCUT2D eigenvalue weighted by Crippen LogP contribution is -2.22. The fourth-order valence-electron chi connectivity index (χ4n) is 2.47. The van der Waals surface area contributed by atoms with Crippen LogP contribution in [0.5, 0.6) is 0 Å². The zero-order chi connectivity index (χ0) is 18.9. The highest BCUT2D eigenvalue weighted by Crippen LogP contribution is 2.23. The average molecular weight is 390 g/mol. The number of pyridine rings is 1. The number of sulfonamides is 1. The molecule has 0 aliphatic carbocycles. The fraction of sp³-hybridized carbons (Fsp3) is 0.111. The number of carbonyl (C=O) groups excluding carboxylic acids is 1. The molecule has 0 saturated heterocycles. The van der Waals surface area contributed by atoms with E-state index in [2.05, 4.69) is 10.3 Å². The Morgan fingerprint density at radius 2 is 1.81 bits per heavy atom. The molecule has 0 unspecified atom stereocenters. The molecule has 0 radical (unpaired) electrons. The molecule has 1 heterocycles. The van der Waals surface area contributed by atoms with Gasteiger partial charge in [0.05, 0.1) is 16.0 Å². The van der Waals surface area contributed by atoms with E-state index >= 15 is 0 Å². The molecule has 0 aliphatic heterocycles. The van der Waals surface area contributed by atoms with Crippen molar-refractivity contribution in [2.24, 2.45) is 0 Å². The van der Waals surface area contributed by atoms with Crippen LogP contribution in [-0.4, -0.2) is 37.7 Å². The van der Waals surface area contributed by atoms with Crippen molar-refractivity contribution in [1.82, 2.24) is 9.29 Å². The number of nitrogens with zero attached hydrogens (tertiary/aromatic N) is 2. The number of aromatic nitrogens is 1. The lowest BCUT2D eigenvalue weighted by atomic mass is 10.1. The average Bonchev–Trinajstić information content (AvgIpc) is 2.61. The first-order chi connectivity index (χ1) is 12.3. The summed E-state index contributed by atoms with van der Waals surface area (Å²) in [6, 6.07) is 14.7. The van der Waals surface area contributed by atoms with Crippen molar-refractivity contribution in [3.8, 4) is 0 Å². The number of benzene rings is 2. The molecule has 0 spiro atoms. The Morgan fingerprint density at radius 3 is 2.54 bits per heavy atom. The van der Waals surface area contributed by atoms with Crippen molar-refractivity contribution in [2.75, 3.05) is 19.4 Å². The first-order valence-electron chi connectivity index (χ1n) is 7.68. The Bertz CT molecular complexity index is 1100. The number of fused-ring (bicyclic) bond motifs is 1. The zero-order valence-corrected chi connectivity index (χ0v) is 15.7. The molecule has 1 amide bonds. The Hall–Kier alpha value is -2.48. The van der Waals surface area contributed by atoms with Gasteiger partial charge in [0.2, 0.25) is 10.0 Å². The van der Waals surface area contributed by atoms with Crippen LogP contribution < -0.4 is 5.32 Å². The lowest BCUT2D eigenvalue weighted by Gasteiger charge is -2.13. The summed E-state index contributed by atoms with van der Waals surface area (Å²) in [5, 5.41) is 3.59. The topological polar surface area (TPSA) is 79.4 Å². The van der Waals surface area contributed by atoms with Crippen LogP contribution in [0.25, 0.3) is 10.9 Å². The Balaban J connectivity index is 1.97. The monoisotopic (exact) mass is 389 g/mol. The summed E-state index contributed by atoms with van der Waals surface area (Å²) in [6.07, 6.45) is 0. The molecular weight excluding hydrogens is 374 g/mol. The van der Waals surface area contributed by atoms with E-state index in [1.165, 1.54) is 32.3 Å². The van der Waals surface area contributed by atoms with Gasteiger partial charge in [-0.3, -0.25) is 4.79 Å². The number of carbonyl (C=O) groups is 1. The number of halogens is 1. The molecule has 2 aromatic carbocycles. The van der Waals surface area contributed by atoms with Crippen LogP contribution in [0.3, 0.4) is 0 Å². The maximum absolute atomic E-state index is 12.7. The molecule has 0 atom stereocenters. The molecule has 6 nitrogen and oxygen atoms in total. The van der Waals surface area contributed by atoms with Crippen LogP contribution in [-0.2, 0) is 10.0 Å². The van der Waals surface area contributed by atoms with Crippen LogP contribution in [0.15, 0.2) is 59.5 Å². The molecule has 0 bridgehead atoms. The second-order valence-electron chi connectivity index (χ2n) is 5.78. The van der Waals surface area contributed by atoms with Gasteiger partial charge in [-0.05, 0) is 30.3 Å². The highest BCUT2D eigenvalue weighted by molar-refractivity contribution is 7.89. The van der Waals surface area contributed by atoms with Gasteiger partial charge in [-0.1, -0.05) is 35.9 Å². The molecule has 3 rings (SSSR count). The van der Waals surface area contributed by atoms with Crippen molar-refractivity contribution in [3.63, 3.8) is 0 Å². The van der Waals surface area contributed by atoms with Gasteiger partial charge in [-0.15, -0.1) is 0 Å². The first kappa shape index (κ1) is 18.3. The Kier molecular flexibility index (Phi) is 4.95. The predicted molar refractivity (Wildman–Crippen MR) is 102 cm³/mol. The predicted octanol–water partition coefficient (Wildman–Crippen LogP) is 3.39. The number of hydrogen-bond acceptors (Lipinski definition) is 4. The molecule has 1 N–H and O–H groups in total. The Labute approximate surface area is 156 Å². The number of anilines is 1. The van der Waals surface area contributed by atoms with E-state index < -0.39 is 15.9 Å². The number of hydrogen-bond donors (Lipinski definition) is 1. The molecule has 3 aromatic rings. The molecule has 134 valence electrons.